The van der Waals surface area contributed by atoms with Gasteiger partial charge in [-0.1, -0.05) is 122 Å². The summed E-state index contributed by atoms with van der Waals surface area (Å²) in [4.78, 5) is 51.3. The van der Waals surface area contributed by atoms with E-state index in [1.165, 1.54) is 31.9 Å². The number of likely N-dealkylation sites (N-methyl/N-ethyl adjacent to an activating group) is 1. The summed E-state index contributed by atoms with van der Waals surface area (Å²) < 4.78 is 3.22. The van der Waals surface area contributed by atoms with Crippen molar-refractivity contribution in [3.8, 4) is 11.1 Å². The molecule has 5 aromatic rings. The van der Waals surface area contributed by atoms with Crippen molar-refractivity contribution in [3.05, 3.63) is 136 Å². The summed E-state index contributed by atoms with van der Waals surface area (Å²) in [7, 11) is 5.15. The molecule has 2 aromatic heterocycles. The molecule has 0 N–H and O–H groups in total. The maximum Gasteiger partial charge on any atom is 0.314 e. The van der Waals surface area contributed by atoms with Crippen LogP contribution in [0.5, 0.6) is 0 Å². The third kappa shape index (κ3) is 13.0. The maximum atomic E-state index is 13.3. The highest BCUT2D eigenvalue weighted by atomic mass is 16.2. The van der Waals surface area contributed by atoms with Crippen LogP contribution in [0.3, 0.4) is 0 Å². The van der Waals surface area contributed by atoms with Crippen LogP contribution in [-0.4, -0.2) is 54.8 Å². The number of Topliss-reactive ketones (excluding diaryl/α,β-unsaturated/α-hetero) is 1. The monoisotopic (exact) mass is 913 g/mol. The summed E-state index contributed by atoms with van der Waals surface area (Å²) >= 11 is 0. The van der Waals surface area contributed by atoms with Crippen LogP contribution >= 0.6 is 0 Å². The first-order chi connectivity index (χ1) is 31.7. The molecule has 0 aliphatic carbocycles. The summed E-state index contributed by atoms with van der Waals surface area (Å²) in [6.07, 6.45) is 8.48. The van der Waals surface area contributed by atoms with Crippen molar-refractivity contribution in [1.29, 1.82) is 0 Å². The van der Waals surface area contributed by atoms with Gasteiger partial charge < -0.3 is 0 Å². The third-order valence-electron chi connectivity index (χ3n) is 12.6. The summed E-state index contributed by atoms with van der Waals surface area (Å²) in [5, 5.41) is 14.2. The van der Waals surface area contributed by atoms with Gasteiger partial charge in [0.15, 0.2) is 0 Å². The second-order valence-electron chi connectivity index (χ2n) is 17.7. The van der Waals surface area contributed by atoms with Crippen LogP contribution in [0, 0.1) is 34.6 Å². The quantitative estimate of drug-likeness (QED) is 0.0421. The Bertz CT molecular complexity index is 2590. The van der Waals surface area contributed by atoms with Gasteiger partial charge in [-0.3, -0.25) is 23.9 Å². The molecule has 0 saturated heterocycles. The summed E-state index contributed by atoms with van der Waals surface area (Å²) in [6, 6.07) is 12.7. The van der Waals surface area contributed by atoms with Crippen LogP contribution < -0.4 is 5.56 Å². The molecular formula is C57H80N6O4. The summed E-state index contributed by atoms with van der Waals surface area (Å²) in [6.45, 7) is 30.8. The zero-order chi connectivity index (χ0) is 50.4. The number of amides is 1. The molecule has 2 heterocycles. The fourth-order valence-corrected chi connectivity index (χ4v) is 9.39. The molecule has 0 fully saturated rings. The van der Waals surface area contributed by atoms with E-state index < -0.39 is 11.7 Å². The number of aromatic nitrogens is 4. The molecule has 362 valence electrons. The van der Waals surface area contributed by atoms with E-state index in [1.807, 2.05) is 60.7 Å². The molecule has 1 amide bonds. The van der Waals surface area contributed by atoms with Gasteiger partial charge in [-0.2, -0.15) is 15.3 Å². The van der Waals surface area contributed by atoms with Gasteiger partial charge in [0, 0.05) is 43.5 Å². The fraction of sp³-hybridized carbons (Fsp3) is 0.491. The average Bonchev–Trinajstić information content (AvgIpc) is 3.60. The minimum absolute atomic E-state index is 0.00991. The fourth-order valence-electron chi connectivity index (χ4n) is 9.39. The molecule has 10 heteroatoms. The molecule has 0 spiro atoms. The first-order valence-corrected chi connectivity index (χ1v) is 24.6. The van der Waals surface area contributed by atoms with Gasteiger partial charge in [0.2, 0.25) is 5.78 Å². The van der Waals surface area contributed by atoms with E-state index in [-0.39, 0.29) is 11.3 Å². The number of ketones is 2. The van der Waals surface area contributed by atoms with Crippen LogP contribution in [-0.2, 0) is 70.3 Å². The van der Waals surface area contributed by atoms with Crippen molar-refractivity contribution in [3.63, 3.8) is 0 Å². The molecule has 5 rings (SSSR count). The number of rotatable bonds is 16. The Morgan fingerprint density at radius 3 is 1.34 bits per heavy atom. The lowest BCUT2D eigenvalue weighted by atomic mass is 9.87. The number of aryl methyl sites for hydroxylation is 13. The van der Waals surface area contributed by atoms with E-state index in [2.05, 4.69) is 102 Å². The highest BCUT2D eigenvalue weighted by Crippen LogP contribution is 2.32. The Labute approximate surface area is 402 Å². The van der Waals surface area contributed by atoms with Gasteiger partial charge >= 0.3 is 5.91 Å². The van der Waals surface area contributed by atoms with Crippen LogP contribution in [0.15, 0.2) is 46.3 Å². The predicted octanol–water partition coefficient (Wildman–Crippen LogP) is 11.6. The molecule has 0 atom stereocenters. The molecular weight excluding hydrogens is 833 g/mol. The van der Waals surface area contributed by atoms with E-state index in [0.29, 0.717) is 5.56 Å². The van der Waals surface area contributed by atoms with Crippen LogP contribution in [0.4, 0.5) is 0 Å². The Hall–Kier alpha value is -5.77. The van der Waals surface area contributed by atoms with Crippen molar-refractivity contribution in [2.45, 2.75) is 168 Å². The first-order valence-electron chi connectivity index (χ1n) is 24.6. The van der Waals surface area contributed by atoms with Gasteiger partial charge in [-0.15, -0.1) is 0 Å². The van der Waals surface area contributed by atoms with Gasteiger partial charge in [0.25, 0.3) is 11.3 Å². The molecule has 10 nitrogen and oxygen atoms in total. The van der Waals surface area contributed by atoms with Crippen LogP contribution in [0.25, 0.3) is 11.1 Å². The highest BCUT2D eigenvalue weighted by Gasteiger charge is 2.27. The molecule has 0 aliphatic rings. The third-order valence-corrected chi connectivity index (χ3v) is 12.6. The van der Waals surface area contributed by atoms with Gasteiger partial charge in [0.1, 0.15) is 5.69 Å². The Balaban J connectivity index is 0.000000267. The normalized spacial score (nSPS) is 11.2. The van der Waals surface area contributed by atoms with Crippen molar-refractivity contribution >= 4 is 23.2 Å². The Kier molecular flexibility index (Phi) is 21.1. The second-order valence-corrected chi connectivity index (χ2v) is 17.7. The minimum Gasteiger partial charge on any atom is -0.287 e. The van der Waals surface area contributed by atoms with Crippen LogP contribution in [0.2, 0.25) is 0 Å². The number of hydrazone groups is 1. The van der Waals surface area contributed by atoms with E-state index in [4.69, 9.17) is 0 Å². The van der Waals surface area contributed by atoms with Crippen LogP contribution in [0.1, 0.15) is 181 Å². The van der Waals surface area contributed by atoms with E-state index >= 15 is 0 Å². The molecule has 0 saturated carbocycles. The lowest BCUT2D eigenvalue weighted by Crippen LogP contribution is -2.31. The van der Waals surface area contributed by atoms with Crippen molar-refractivity contribution < 1.29 is 14.4 Å². The van der Waals surface area contributed by atoms with Crippen molar-refractivity contribution in [2.24, 2.45) is 19.2 Å². The smallest absolute Gasteiger partial charge is 0.287 e. The van der Waals surface area contributed by atoms with Gasteiger partial charge in [0.05, 0.1) is 17.0 Å². The SMILES string of the molecule is CCCC(C)=NN(C)C(=O)C(=O)c1c(CC)cc(C)cc1CC.CCc1cc(C)cc(CC)c1-c1c(CC)c(C)nn(C)c1=O.CCc1cc(C)cc(CC)c1C(=O)c1c(CC)c(C)nn1C. The van der Waals surface area contributed by atoms with E-state index in [9.17, 15) is 19.2 Å². The minimum atomic E-state index is -0.575. The van der Waals surface area contributed by atoms with E-state index in [0.717, 1.165) is 143 Å². The standard InChI is InChI=1S/C19H28N2O2.2C19H26N2O/c1-7-10-14(5)20-21(6)19(23)18(22)17-15(8-2)11-13(4)12-16(17)9-3;1-7-14-10-12(4)11-15(8-2)17(14)19(22)18-16(9-3)13(5)20-21(18)6;1-7-14-10-12(4)11-15(8-2)17(14)18-16(9-3)13(5)20-21(6)19(18)22/h11-12H,7-10H2,1-6H3;2*10-11H,7-9H2,1-6H3. The maximum absolute atomic E-state index is 13.3. The molecule has 0 bridgehead atoms. The zero-order valence-corrected chi connectivity index (χ0v) is 44.4. The topological polar surface area (TPSA) is 120 Å². The molecule has 3 aromatic carbocycles. The van der Waals surface area contributed by atoms with E-state index in [1.54, 1.807) is 18.8 Å². The predicted molar refractivity (Wildman–Crippen MR) is 278 cm³/mol. The van der Waals surface area contributed by atoms with Crippen molar-refractivity contribution in [2.75, 3.05) is 7.05 Å². The zero-order valence-electron chi connectivity index (χ0n) is 44.4. The number of hydrogen-bond donors (Lipinski definition) is 0. The summed E-state index contributed by atoms with van der Waals surface area (Å²) in [5.74, 6) is -0.920. The number of benzene rings is 3. The second kappa shape index (κ2) is 25.4. The largest absolute Gasteiger partial charge is 0.314 e. The lowest BCUT2D eigenvalue weighted by molar-refractivity contribution is -0.125. The number of hydrogen-bond acceptors (Lipinski definition) is 7. The molecule has 67 heavy (non-hydrogen) atoms. The molecule has 0 aliphatic heterocycles. The highest BCUT2D eigenvalue weighted by molar-refractivity contribution is 6.43. The van der Waals surface area contributed by atoms with Crippen molar-refractivity contribution in [1.82, 2.24) is 24.6 Å². The lowest BCUT2D eigenvalue weighted by Gasteiger charge is -2.18. The van der Waals surface area contributed by atoms with Gasteiger partial charge in [-0.25, -0.2) is 9.69 Å². The molecule has 0 radical (unpaired) electrons. The number of carbonyl (C=O) groups is 3. The average molecular weight is 913 g/mol. The number of carbonyl (C=O) groups excluding carboxylic acids is 3. The Morgan fingerprint density at radius 2 is 0.940 bits per heavy atom. The molecule has 0 unspecified atom stereocenters. The Morgan fingerprint density at radius 1 is 0.552 bits per heavy atom. The van der Waals surface area contributed by atoms with Gasteiger partial charge in [-0.05, 0) is 144 Å². The summed E-state index contributed by atoms with van der Waals surface area (Å²) in [5.41, 5.74) is 19.4. The first kappa shape index (κ1) is 55.6. The number of nitrogens with zero attached hydrogens (tertiary/aromatic N) is 6.